The monoisotopic (exact) mass is 376 g/mol. The summed E-state index contributed by atoms with van der Waals surface area (Å²) in [7, 11) is 0. The van der Waals surface area contributed by atoms with Gasteiger partial charge in [0.2, 0.25) is 0 Å². The van der Waals surface area contributed by atoms with Gasteiger partial charge in [-0.3, -0.25) is 9.59 Å². The summed E-state index contributed by atoms with van der Waals surface area (Å²) in [6.45, 7) is 5.53. The maximum absolute atomic E-state index is 13.3. The van der Waals surface area contributed by atoms with Crippen LogP contribution >= 0.6 is 0 Å². The van der Waals surface area contributed by atoms with Crippen LogP contribution in [0.5, 0.6) is 5.75 Å². The normalized spacial score (nSPS) is 17.2. The van der Waals surface area contributed by atoms with Crippen molar-refractivity contribution in [3.63, 3.8) is 0 Å². The maximum atomic E-state index is 13.3. The summed E-state index contributed by atoms with van der Waals surface area (Å²) >= 11 is 0. The van der Waals surface area contributed by atoms with Crippen LogP contribution in [0.15, 0.2) is 60.3 Å². The number of amides is 2. The number of carbonyl (C=O) groups is 2. The molecule has 0 atom stereocenters. The van der Waals surface area contributed by atoms with E-state index in [1.807, 2.05) is 44.2 Å². The number of hydrogen-bond acceptors (Lipinski definition) is 4. The van der Waals surface area contributed by atoms with Crippen molar-refractivity contribution in [3.05, 3.63) is 65.9 Å². The lowest BCUT2D eigenvalue weighted by atomic mass is 10.0. The van der Waals surface area contributed by atoms with Crippen LogP contribution in [-0.4, -0.2) is 35.9 Å². The van der Waals surface area contributed by atoms with Crippen molar-refractivity contribution in [3.8, 4) is 5.75 Å². The number of ether oxygens (including phenoxy) is 1. The molecule has 1 saturated heterocycles. The van der Waals surface area contributed by atoms with E-state index in [4.69, 9.17) is 4.74 Å². The highest BCUT2D eigenvalue weighted by Crippen LogP contribution is 2.36. The Hall–Kier alpha value is -3.08. The fraction of sp³-hybridized carbons (Fsp3) is 0.304. The summed E-state index contributed by atoms with van der Waals surface area (Å²) in [5.74, 6) is 0.202. The van der Waals surface area contributed by atoms with Gasteiger partial charge >= 0.3 is 0 Å². The van der Waals surface area contributed by atoms with Gasteiger partial charge in [0.15, 0.2) is 0 Å². The topological polar surface area (TPSA) is 49.9 Å². The van der Waals surface area contributed by atoms with Crippen molar-refractivity contribution in [1.82, 2.24) is 4.90 Å². The Morgan fingerprint density at radius 1 is 0.857 bits per heavy atom. The standard InChI is InChI=1S/C23H24N2O3/c1-16(2)28-19-12-10-18(11-13-19)25-22(26)20(17-8-4-3-5-9-17)21(23(25)27)24-14-6-7-15-24/h3-5,8-13,16H,6-7,14-15H2,1-2H3. The van der Waals surface area contributed by atoms with Crippen molar-refractivity contribution < 1.29 is 14.3 Å². The molecular weight excluding hydrogens is 352 g/mol. The average Bonchev–Trinajstić information content (AvgIpc) is 3.29. The van der Waals surface area contributed by atoms with E-state index in [9.17, 15) is 9.59 Å². The van der Waals surface area contributed by atoms with Gasteiger partial charge < -0.3 is 9.64 Å². The van der Waals surface area contributed by atoms with E-state index in [0.717, 1.165) is 31.5 Å². The number of benzene rings is 2. The molecule has 0 radical (unpaired) electrons. The van der Waals surface area contributed by atoms with Gasteiger partial charge in [-0.2, -0.15) is 0 Å². The number of imide groups is 1. The molecule has 0 spiro atoms. The van der Waals surface area contributed by atoms with Crippen LogP contribution in [0.4, 0.5) is 5.69 Å². The zero-order valence-corrected chi connectivity index (χ0v) is 16.2. The first kappa shape index (κ1) is 18.3. The Kier molecular flexibility index (Phi) is 4.90. The molecule has 0 aromatic heterocycles. The second-order valence-corrected chi connectivity index (χ2v) is 7.39. The van der Waals surface area contributed by atoms with E-state index in [0.29, 0.717) is 22.7 Å². The molecule has 1 fully saturated rings. The number of anilines is 1. The van der Waals surface area contributed by atoms with Crippen LogP contribution in [0.1, 0.15) is 32.3 Å². The number of likely N-dealkylation sites (tertiary alicyclic amines) is 1. The van der Waals surface area contributed by atoms with Gasteiger partial charge in [0.05, 0.1) is 17.4 Å². The minimum absolute atomic E-state index is 0.0639. The molecule has 144 valence electrons. The lowest BCUT2D eigenvalue weighted by molar-refractivity contribution is -0.120. The molecule has 2 aromatic carbocycles. The highest BCUT2D eigenvalue weighted by atomic mass is 16.5. The second kappa shape index (κ2) is 7.50. The molecular formula is C23H24N2O3. The van der Waals surface area contributed by atoms with Crippen molar-refractivity contribution >= 4 is 23.1 Å². The van der Waals surface area contributed by atoms with Crippen LogP contribution < -0.4 is 9.64 Å². The molecule has 5 heteroatoms. The minimum Gasteiger partial charge on any atom is -0.491 e. The molecule has 2 aromatic rings. The number of carbonyl (C=O) groups excluding carboxylic acids is 2. The minimum atomic E-state index is -0.268. The fourth-order valence-corrected chi connectivity index (χ4v) is 3.80. The van der Waals surface area contributed by atoms with E-state index >= 15 is 0 Å². The summed E-state index contributed by atoms with van der Waals surface area (Å²) in [6, 6.07) is 16.6. The van der Waals surface area contributed by atoms with Crippen molar-refractivity contribution in [2.45, 2.75) is 32.8 Å². The van der Waals surface area contributed by atoms with Gasteiger partial charge in [-0.1, -0.05) is 30.3 Å². The summed E-state index contributed by atoms with van der Waals surface area (Å²) in [5, 5.41) is 0. The molecule has 2 aliphatic rings. The number of rotatable bonds is 5. The smallest absolute Gasteiger partial charge is 0.282 e. The predicted octanol–water partition coefficient (Wildman–Crippen LogP) is 3.85. The van der Waals surface area contributed by atoms with E-state index < -0.39 is 0 Å². The average molecular weight is 376 g/mol. The molecule has 28 heavy (non-hydrogen) atoms. The van der Waals surface area contributed by atoms with Gasteiger partial charge in [-0.05, 0) is 56.5 Å². The van der Waals surface area contributed by atoms with Crippen LogP contribution in [0.3, 0.4) is 0 Å². The number of nitrogens with zero attached hydrogens (tertiary/aromatic N) is 2. The summed E-state index contributed by atoms with van der Waals surface area (Å²) < 4.78 is 5.67. The van der Waals surface area contributed by atoms with Crippen molar-refractivity contribution in [2.75, 3.05) is 18.0 Å². The van der Waals surface area contributed by atoms with E-state index in [2.05, 4.69) is 4.90 Å². The van der Waals surface area contributed by atoms with Crippen molar-refractivity contribution in [2.24, 2.45) is 0 Å². The first-order chi connectivity index (χ1) is 13.6. The Morgan fingerprint density at radius 3 is 2.11 bits per heavy atom. The number of hydrogen-bond donors (Lipinski definition) is 0. The highest BCUT2D eigenvalue weighted by molar-refractivity contribution is 6.45. The second-order valence-electron chi connectivity index (χ2n) is 7.39. The molecule has 0 N–H and O–H groups in total. The lowest BCUT2D eigenvalue weighted by Gasteiger charge is -2.20. The molecule has 0 aliphatic carbocycles. The molecule has 0 bridgehead atoms. The van der Waals surface area contributed by atoms with Gasteiger partial charge in [-0.15, -0.1) is 0 Å². The van der Waals surface area contributed by atoms with Crippen molar-refractivity contribution in [1.29, 1.82) is 0 Å². The van der Waals surface area contributed by atoms with E-state index in [1.54, 1.807) is 24.3 Å². The third kappa shape index (κ3) is 3.28. The van der Waals surface area contributed by atoms with Crippen LogP contribution in [0.25, 0.3) is 5.57 Å². The quantitative estimate of drug-likeness (QED) is 0.744. The third-order valence-corrected chi connectivity index (χ3v) is 5.01. The molecule has 2 heterocycles. The molecule has 0 saturated carbocycles. The molecule has 5 nitrogen and oxygen atoms in total. The van der Waals surface area contributed by atoms with Gasteiger partial charge in [0.1, 0.15) is 11.4 Å². The third-order valence-electron chi connectivity index (χ3n) is 5.01. The van der Waals surface area contributed by atoms with Gasteiger partial charge in [0.25, 0.3) is 11.8 Å². The Balaban J connectivity index is 1.72. The summed E-state index contributed by atoms with van der Waals surface area (Å²) in [4.78, 5) is 30.0. The van der Waals surface area contributed by atoms with Crippen LogP contribution in [0.2, 0.25) is 0 Å². The highest BCUT2D eigenvalue weighted by Gasteiger charge is 2.42. The summed E-state index contributed by atoms with van der Waals surface area (Å²) in [6.07, 6.45) is 2.14. The van der Waals surface area contributed by atoms with E-state index in [-0.39, 0.29) is 17.9 Å². The zero-order valence-electron chi connectivity index (χ0n) is 16.2. The molecule has 4 rings (SSSR count). The predicted molar refractivity (Wildman–Crippen MR) is 109 cm³/mol. The first-order valence-electron chi connectivity index (χ1n) is 9.76. The lowest BCUT2D eigenvalue weighted by Crippen LogP contribution is -2.34. The van der Waals surface area contributed by atoms with Crippen LogP contribution in [-0.2, 0) is 9.59 Å². The molecule has 2 aliphatic heterocycles. The van der Waals surface area contributed by atoms with Crippen LogP contribution in [0, 0.1) is 0 Å². The summed E-state index contributed by atoms with van der Waals surface area (Å²) in [5.41, 5.74) is 2.37. The Bertz CT molecular complexity index is 911. The van der Waals surface area contributed by atoms with Gasteiger partial charge in [0, 0.05) is 13.1 Å². The SMILES string of the molecule is CC(C)Oc1ccc(N2C(=O)C(c3ccccc3)=C(N3CCCC3)C2=O)cc1. The van der Waals surface area contributed by atoms with E-state index in [1.165, 1.54) is 4.90 Å². The Morgan fingerprint density at radius 2 is 1.50 bits per heavy atom. The first-order valence-corrected chi connectivity index (χ1v) is 9.76. The Labute approximate surface area is 165 Å². The maximum Gasteiger partial charge on any atom is 0.282 e. The molecule has 2 amide bonds. The zero-order chi connectivity index (χ0) is 19.7. The largest absolute Gasteiger partial charge is 0.491 e. The molecule has 0 unspecified atom stereocenters. The fourth-order valence-electron chi connectivity index (χ4n) is 3.80. The van der Waals surface area contributed by atoms with Gasteiger partial charge in [-0.25, -0.2) is 4.90 Å².